The zero-order chi connectivity index (χ0) is 13.7. The van der Waals surface area contributed by atoms with Crippen LogP contribution in [0.15, 0.2) is 30.3 Å². The van der Waals surface area contributed by atoms with Gasteiger partial charge in [-0.15, -0.1) is 0 Å². The molecule has 0 aromatic heterocycles. The number of benzene rings is 1. The summed E-state index contributed by atoms with van der Waals surface area (Å²) in [7, 11) is 0. The molecule has 2 unspecified atom stereocenters. The van der Waals surface area contributed by atoms with E-state index in [0.717, 1.165) is 38.2 Å². The quantitative estimate of drug-likeness (QED) is 0.864. The lowest BCUT2D eigenvalue weighted by Gasteiger charge is -2.31. The van der Waals surface area contributed by atoms with E-state index in [0.29, 0.717) is 0 Å². The van der Waals surface area contributed by atoms with Gasteiger partial charge in [-0.2, -0.15) is 0 Å². The maximum atomic E-state index is 11.7. The summed E-state index contributed by atoms with van der Waals surface area (Å²) in [5, 5.41) is 12.9. The molecule has 1 aliphatic rings. The highest BCUT2D eigenvalue weighted by molar-refractivity contribution is 5.75. The third-order valence-corrected chi connectivity index (χ3v) is 3.82. The van der Waals surface area contributed by atoms with Gasteiger partial charge in [0.15, 0.2) is 0 Å². The Bertz CT molecular complexity index is 400. The lowest BCUT2D eigenvalue weighted by atomic mass is 9.92. The molecule has 1 saturated heterocycles. The van der Waals surface area contributed by atoms with Gasteiger partial charge in [0, 0.05) is 25.6 Å². The Hall–Kier alpha value is -1.39. The van der Waals surface area contributed by atoms with Gasteiger partial charge >= 0.3 is 5.97 Å². The smallest absolute Gasteiger partial charge is 0.321 e. The third kappa shape index (κ3) is 3.55. The average molecular weight is 262 g/mol. The largest absolute Gasteiger partial charge is 0.480 e. The van der Waals surface area contributed by atoms with Crippen LogP contribution in [0.1, 0.15) is 24.8 Å². The maximum Gasteiger partial charge on any atom is 0.321 e. The first-order valence-electron chi connectivity index (χ1n) is 6.92. The molecule has 4 heteroatoms. The summed E-state index contributed by atoms with van der Waals surface area (Å²) in [4.78, 5) is 13.8. The minimum atomic E-state index is -0.724. The van der Waals surface area contributed by atoms with E-state index >= 15 is 0 Å². The molecular weight excluding hydrogens is 240 g/mol. The molecule has 0 aliphatic carbocycles. The highest BCUT2D eigenvalue weighted by Gasteiger charge is 2.31. The highest BCUT2D eigenvalue weighted by atomic mass is 16.4. The molecule has 1 heterocycles. The van der Waals surface area contributed by atoms with Crippen LogP contribution in [-0.4, -0.2) is 48.2 Å². The predicted octanol–water partition coefficient (Wildman–Crippen LogP) is 1.54. The Morgan fingerprint density at radius 3 is 2.68 bits per heavy atom. The van der Waals surface area contributed by atoms with E-state index in [4.69, 9.17) is 0 Å². The van der Waals surface area contributed by atoms with Gasteiger partial charge in [0.2, 0.25) is 0 Å². The van der Waals surface area contributed by atoms with E-state index in [9.17, 15) is 9.90 Å². The Morgan fingerprint density at radius 2 is 2.00 bits per heavy atom. The summed E-state index contributed by atoms with van der Waals surface area (Å²) in [6.07, 6.45) is 1.01. The molecule has 2 atom stereocenters. The van der Waals surface area contributed by atoms with Crippen LogP contribution in [-0.2, 0) is 4.79 Å². The molecular formula is C15H22N2O2. The van der Waals surface area contributed by atoms with Gasteiger partial charge in [-0.3, -0.25) is 9.69 Å². The summed E-state index contributed by atoms with van der Waals surface area (Å²) in [5.41, 5.74) is 1.09. The standard InChI is InChI=1S/C15H22N2O2/c1-12(13-6-3-2-4-7-13)14(15(18)19)17-10-5-8-16-9-11-17/h2-4,6-7,12,14,16H,5,8-11H2,1H3,(H,18,19). The molecule has 1 aromatic rings. The first kappa shape index (κ1) is 14.0. The van der Waals surface area contributed by atoms with Crippen molar-refractivity contribution in [2.24, 2.45) is 0 Å². The number of carboxylic acid groups (broad SMARTS) is 1. The number of carbonyl (C=O) groups is 1. The lowest BCUT2D eigenvalue weighted by molar-refractivity contribution is -0.144. The number of nitrogens with one attached hydrogen (secondary N) is 1. The second-order valence-corrected chi connectivity index (χ2v) is 5.12. The number of aliphatic carboxylic acids is 1. The molecule has 2 N–H and O–H groups in total. The van der Waals surface area contributed by atoms with Crippen molar-refractivity contribution in [2.75, 3.05) is 26.2 Å². The van der Waals surface area contributed by atoms with Crippen LogP contribution in [0.25, 0.3) is 0 Å². The van der Waals surface area contributed by atoms with E-state index in [2.05, 4.69) is 10.2 Å². The number of nitrogens with zero attached hydrogens (tertiary/aromatic N) is 1. The monoisotopic (exact) mass is 262 g/mol. The van der Waals surface area contributed by atoms with Crippen LogP contribution in [0.5, 0.6) is 0 Å². The van der Waals surface area contributed by atoms with Crippen molar-refractivity contribution < 1.29 is 9.90 Å². The average Bonchev–Trinajstić information content (AvgIpc) is 2.68. The molecule has 0 radical (unpaired) electrons. The Balaban J connectivity index is 2.17. The van der Waals surface area contributed by atoms with Crippen molar-refractivity contribution >= 4 is 5.97 Å². The Labute approximate surface area is 114 Å². The van der Waals surface area contributed by atoms with Gasteiger partial charge in [-0.1, -0.05) is 37.3 Å². The normalized spacial score (nSPS) is 20.5. The van der Waals surface area contributed by atoms with E-state index in [1.807, 2.05) is 37.3 Å². The summed E-state index contributed by atoms with van der Waals surface area (Å²) in [6, 6.07) is 9.47. The van der Waals surface area contributed by atoms with Crippen LogP contribution in [0.2, 0.25) is 0 Å². The molecule has 0 saturated carbocycles. The predicted molar refractivity (Wildman–Crippen MR) is 75.3 cm³/mol. The number of rotatable bonds is 4. The molecule has 0 amide bonds. The molecule has 19 heavy (non-hydrogen) atoms. The van der Waals surface area contributed by atoms with E-state index < -0.39 is 12.0 Å². The molecule has 104 valence electrons. The van der Waals surface area contributed by atoms with Crippen molar-refractivity contribution in [3.05, 3.63) is 35.9 Å². The van der Waals surface area contributed by atoms with Crippen LogP contribution < -0.4 is 5.32 Å². The number of carboxylic acids is 1. The van der Waals surface area contributed by atoms with E-state index in [1.54, 1.807) is 0 Å². The van der Waals surface area contributed by atoms with Crippen molar-refractivity contribution in [2.45, 2.75) is 25.3 Å². The van der Waals surface area contributed by atoms with Crippen LogP contribution >= 0.6 is 0 Å². The van der Waals surface area contributed by atoms with Gasteiger partial charge in [0.1, 0.15) is 6.04 Å². The van der Waals surface area contributed by atoms with Gasteiger partial charge in [-0.05, 0) is 18.5 Å². The SMILES string of the molecule is CC(c1ccccc1)C(C(=O)O)N1CCCNCC1. The first-order valence-corrected chi connectivity index (χ1v) is 6.92. The second kappa shape index (κ2) is 6.68. The fraction of sp³-hybridized carbons (Fsp3) is 0.533. The molecule has 0 spiro atoms. The minimum Gasteiger partial charge on any atom is -0.480 e. The Morgan fingerprint density at radius 1 is 1.26 bits per heavy atom. The van der Waals surface area contributed by atoms with Gasteiger partial charge in [0.25, 0.3) is 0 Å². The van der Waals surface area contributed by atoms with Gasteiger partial charge in [0.05, 0.1) is 0 Å². The third-order valence-electron chi connectivity index (χ3n) is 3.82. The molecule has 1 fully saturated rings. The fourth-order valence-corrected chi connectivity index (χ4v) is 2.77. The summed E-state index contributed by atoms with van der Waals surface area (Å²) in [6.45, 7) is 5.50. The summed E-state index contributed by atoms with van der Waals surface area (Å²) in [5.74, 6) is -0.727. The number of hydrogen-bond acceptors (Lipinski definition) is 3. The minimum absolute atomic E-state index is 0.00296. The lowest BCUT2D eigenvalue weighted by Crippen LogP contribution is -2.46. The van der Waals surface area contributed by atoms with Crippen molar-refractivity contribution in [3.8, 4) is 0 Å². The molecule has 4 nitrogen and oxygen atoms in total. The maximum absolute atomic E-state index is 11.7. The molecule has 2 rings (SSSR count). The van der Waals surface area contributed by atoms with Crippen molar-refractivity contribution in [1.82, 2.24) is 10.2 Å². The van der Waals surface area contributed by atoms with E-state index in [-0.39, 0.29) is 5.92 Å². The second-order valence-electron chi connectivity index (χ2n) is 5.12. The van der Waals surface area contributed by atoms with Crippen molar-refractivity contribution in [3.63, 3.8) is 0 Å². The van der Waals surface area contributed by atoms with Crippen LogP contribution in [0, 0.1) is 0 Å². The summed E-state index contributed by atoms with van der Waals surface area (Å²) < 4.78 is 0. The molecule has 1 aromatic carbocycles. The zero-order valence-electron chi connectivity index (χ0n) is 11.4. The zero-order valence-corrected chi connectivity index (χ0v) is 11.4. The van der Waals surface area contributed by atoms with Gasteiger partial charge < -0.3 is 10.4 Å². The van der Waals surface area contributed by atoms with Gasteiger partial charge in [-0.25, -0.2) is 0 Å². The van der Waals surface area contributed by atoms with Crippen LogP contribution in [0.4, 0.5) is 0 Å². The number of hydrogen-bond donors (Lipinski definition) is 2. The summed E-state index contributed by atoms with van der Waals surface area (Å²) >= 11 is 0. The van der Waals surface area contributed by atoms with Crippen molar-refractivity contribution in [1.29, 1.82) is 0 Å². The fourth-order valence-electron chi connectivity index (χ4n) is 2.77. The molecule has 0 bridgehead atoms. The molecule has 1 aliphatic heterocycles. The first-order chi connectivity index (χ1) is 9.20. The Kier molecular flexibility index (Phi) is 4.93. The topological polar surface area (TPSA) is 52.6 Å². The van der Waals surface area contributed by atoms with Crippen LogP contribution in [0.3, 0.4) is 0 Å². The highest BCUT2D eigenvalue weighted by Crippen LogP contribution is 2.23. The van der Waals surface area contributed by atoms with E-state index in [1.165, 1.54) is 0 Å².